The van der Waals surface area contributed by atoms with Gasteiger partial charge < -0.3 is 30.2 Å². The van der Waals surface area contributed by atoms with Gasteiger partial charge in [0.05, 0.1) is 38.7 Å². The molecule has 1 atom stereocenters. The van der Waals surface area contributed by atoms with Crippen molar-refractivity contribution in [2.45, 2.75) is 29.9 Å². The molecule has 1 unspecified atom stereocenters. The molecule has 4 amide bonds. The number of nitrogens with zero attached hydrogens (tertiary/aromatic N) is 2. The first-order valence-electron chi connectivity index (χ1n) is 16.0. The summed E-state index contributed by atoms with van der Waals surface area (Å²) in [6, 6.07) is 27.8. The van der Waals surface area contributed by atoms with E-state index in [1.807, 2.05) is 31.2 Å². The number of carbonyl (C=O) groups excluding carboxylic acids is 4. The molecule has 0 aromatic heterocycles. The molecule has 5 rings (SSSR count). The zero-order valence-electron chi connectivity index (χ0n) is 28.5. The van der Waals surface area contributed by atoms with E-state index in [0.717, 1.165) is 0 Å². The number of thioether (sulfide) groups is 1. The number of rotatable bonds is 13. The molecule has 0 spiro atoms. The van der Waals surface area contributed by atoms with Crippen molar-refractivity contribution >= 4 is 58.7 Å². The lowest BCUT2D eigenvalue weighted by molar-refractivity contribution is -0.119. The number of ether oxygens (including phenoxy) is 3. The number of carbonyl (C=O) groups is 4. The molecule has 4 aromatic carbocycles. The lowest BCUT2D eigenvalue weighted by Crippen LogP contribution is -2.36. The van der Waals surface area contributed by atoms with Gasteiger partial charge in [-0.3, -0.25) is 19.2 Å². The zero-order chi connectivity index (χ0) is 36.3. The van der Waals surface area contributed by atoms with Crippen LogP contribution in [0.15, 0.2) is 113 Å². The van der Waals surface area contributed by atoms with E-state index in [2.05, 4.69) is 21.1 Å². The highest BCUT2D eigenvalue weighted by molar-refractivity contribution is 8.00. The molecule has 0 bridgehead atoms. The van der Waals surface area contributed by atoms with E-state index in [1.165, 1.54) is 44.2 Å². The molecule has 0 saturated heterocycles. The van der Waals surface area contributed by atoms with Crippen molar-refractivity contribution in [3.63, 3.8) is 0 Å². The summed E-state index contributed by atoms with van der Waals surface area (Å²) in [4.78, 5) is 53.6. The summed E-state index contributed by atoms with van der Waals surface area (Å²) in [5, 5.41) is 13.5. The smallest absolute Gasteiger partial charge is 0.272 e. The number of hydrogen-bond acceptors (Lipinski definition) is 9. The number of nitrogens with one attached hydrogen (secondary N) is 3. The summed E-state index contributed by atoms with van der Waals surface area (Å²) in [6.45, 7) is 1.88. The van der Waals surface area contributed by atoms with Crippen LogP contribution in [0.3, 0.4) is 0 Å². The number of para-hydroxylation sites is 1. The molecule has 1 aliphatic rings. The average molecular weight is 708 g/mol. The molecule has 0 fully saturated rings. The van der Waals surface area contributed by atoms with E-state index in [0.29, 0.717) is 51.1 Å². The predicted octanol–water partition coefficient (Wildman–Crippen LogP) is 5.86. The Hall–Kier alpha value is -6.08. The largest absolute Gasteiger partial charge is 0.496 e. The standard InChI is InChI=1S/C38H37N5O7S/c1-5-33(38(47)41-34-23-35(44)43(42-34)27-16-10-7-11-17-27)51-28-18-12-15-26(21-28)39-37(46)29(40-36(45)24-13-8-6-9-14-24)19-25-20-31(49-3)32(50-4)22-30(25)48-2/h6-22,33H,5,23H2,1-4H3,(H,39,46)(H,40,45)(H,41,42,47)/b29-19+. The van der Waals surface area contributed by atoms with Crippen LogP contribution in [0.4, 0.5) is 11.4 Å². The van der Waals surface area contributed by atoms with Crippen LogP contribution in [0.1, 0.15) is 35.7 Å². The number of hydrogen-bond donors (Lipinski definition) is 3. The zero-order valence-corrected chi connectivity index (χ0v) is 29.3. The van der Waals surface area contributed by atoms with Gasteiger partial charge in [-0.2, -0.15) is 10.1 Å². The Labute approximate surface area is 299 Å². The molecular weight excluding hydrogens is 671 g/mol. The van der Waals surface area contributed by atoms with Gasteiger partial charge in [-0.05, 0) is 61.0 Å². The second-order valence-electron chi connectivity index (χ2n) is 11.1. The van der Waals surface area contributed by atoms with Crippen LogP contribution >= 0.6 is 11.8 Å². The lowest BCUT2D eigenvalue weighted by atomic mass is 10.1. The van der Waals surface area contributed by atoms with E-state index in [9.17, 15) is 19.2 Å². The van der Waals surface area contributed by atoms with Crippen LogP contribution in [0.5, 0.6) is 17.2 Å². The number of benzene rings is 4. The molecule has 12 nitrogen and oxygen atoms in total. The maximum absolute atomic E-state index is 13.8. The number of hydrazone groups is 1. The van der Waals surface area contributed by atoms with E-state index >= 15 is 0 Å². The molecule has 3 N–H and O–H groups in total. The topological polar surface area (TPSA) is 148 Å². The normalized spacial score (nSPS) is 13.2. The van der Waals surface area contributed by atoms with Crippen molar-refractivity contribution in [1.82, 2.24) is 10.6 Å². The minimum atomic E-state index is -0.602. The van der Waals surface area contributed by atoms with Crippen molar-refractivity contribution in [3.8, 4) is 17.2 Å². The fraction of sp³-hybridized carbons (Fsp3) is 0.184. The molecule has 1 heterocycles. The lowest BCUT2D eigenvalue weighted by Gasteiger charge is -2.16. The molecule has 0 aliphatic carbocycles. The first-order valence-corrected chi connectivity index (χ1v) is 16.8. The first kappa shape index (κ1) is 36.2. The molecular formula is C38H37N5O7S. The van der Waals surface area contributed by atoms with Crippen LogP contribution in [-0.4, -0.2) is 56.0 Å². The van der Waals surface area contributed by atoms with E-state index < -0.39 is 17.1 Å². The van der Waals surface area contributed by atoms with Crippen LogP contribution in [0.2, 0.25) is 0 Å². The van der Waals surface area contributed by atoms with Crippen molar-refractivity contribution in [2.24, 2.45) is 5.10 Å². The van der Waals surface area contributed by atoms with Gasteiger partial charge in [-0.15, -0.1) is 11.8 Å². The third-order valence-corrected chi connectivity index (χ3v) is 9.00. The second kappa shape index (κ2) is 17.0. The van der Waals surface area contributed by atoms with Crippen LogP contribution in [0.25, 0.3) is 6.08 Å². The summed E-state index contributed by atoms with van der Waals surface area (Å²) < 4.78 is 16.4. The highest BCUT2D eigenvalue weighted by Crippen LogP contribution is 2.36. The van der Waals surface area contributed by atoms with E-state index in [1.54, 1.807) is 72.8 Å². The number of amides is 4. The van der Waals surface area contributed by atoms with Crippen molar-refractivity contribution in [1.29, 1.82) is 0 Å². The Morgan fingerprint density at radius 3 is 2.18 bits per heavy atom. The van der Waals surface area contributed by atoms with Crippen LogP contribution in [0, 0.1) is 0 Å². The monoisotopic (exact) mass is 707 g/mol. The van der Waals surface area contributed by atoms with E-state index in [4.69, 9.17) is 14.2 Å². The second-order valence-corrected chi connectivity index (χ2v) is 12.4. The number of methoxy groups -OCH3 is 3. The Bertz CT molecular complexity index is 1970. The minimum Gasteiger partial charge on any atom is -0.496 e. The molecule has 51 heavy (non-hydrogen) atoms. The van der Waals surface area contributed by atoms with Gasteiger partial charge in [0.1, 0.15) is 17.3 Å². The fourth-order valence-electron chi connectivity index (χ4n) is 5.09. The van der Waals surface area contributed by atoms with Gasteiger partial charge in [-0.1, -0.05) is 49.4 Å². The molecule has 262 valence electrons. The van der Waals surface area contributed by atoms with Gasteiger partial charge >= 0.3 is 0 Å². The molecule has 13 heteroatoms. The van der Waals surface area contributed by atoms with Gasteiger partial charge in [0, 0.05) is 27.8 Å². The molecule has 4 aromatic rings. The van der Waals surface area contributed by atoms with Crippen LogP contribution < -0.4 is 35.2 Å². The van der Waals surface area contributed by atoms with Gasteiger partial charge in [0.2, 0.25) is 5.91 Å². The Morgan fingerprint density at radius 1 is 0.843 bits per heavy atom. The fourth-order valence-corrected chi connectivity index (χ4v) is 6.10. The summed E-state index contributed by atoms with van der Waals surface area (Å²) in [7, 11) is 4.47. The summed E-state index contributed by atoms with van der Waals surface area (Å²) in [6.07, 6.45) is 1.96. The third kappa shape index (κ3) is 9.13. The molecule has 0 radical (unpaired) electrons. The van der Waals surface area contributed by atoms with Gasteiger partial charge in [-0.25, -0.2) is 0 Å². The number of anilines is 2. The average Bonchev–Trinajstić information content (AvgIpc) is 3.53. The van der Waals surface area contributed by atoms with Crippen molar-refractivity contribution < 1.29 is 33.4 Å². The summed E-state index contributed by atoms with van der Waals surface area (Å²) >= 11 is 1.31. The summed E-state index contributed by atoms with van der Waals surface area (Å²) in [5.41, 5.74) is 1.81. The minimum absolute atomic E-state index is 0.0188. The summed E-state index contributed by atoms with van der Waals surface area (Å²) in [5.74, 6) is -0.134. The van der Waals surface area contributed by atoms with Crippen LogP contribution in [-0.2, 0) is 14.4 Å². The maximum atomic E-state index is 13.8. The number of amidine groups is 1. The quantitative estimate of drug-likeness (QED) is 0.116. The molecule has 1 aliphatic heterocycles. The highest BCUT2D eigenvalue weighted by Gasteiger charge is 2.28. The SMILES string of the molecule is CCC(Sc1cccc(NC(=O)/C(=C\c2cc(OC)c(OC)cc2OC)NC(=O)c2ccccc2)c1)C(=O)NC1=NN(c2ccccc2)C(=O)C1. The Balaban J connectivity index is 1.34. The van der Waals surface area contributed by atoms with E-state index in [-0.39, 0.29) is 29.8 Å². The maximum Gasteiger partial charge on any atom is 0.272 e. The Morgan fingerprint density at radius 2 is 1.51 bits per heavy atom. The van der Waals surface area contributed by atoms with Gasteiger partial charge in [0.25, 0.3) is 17.7 Å². The van der Waals surface area contributed by atoms with Crippen molar-refractivity contribution in [3.05, 3.63) is 114 Å². The predicted molar refractivity (Wildman–Crippen MR) is 197 cm³/mol. The first-order chi connectivity index (χ1) is 24.7. The van der Waals surface area contributed by atoms with Crippen molar-refractivity contribution in [2.75, 3.05) is 31.7 Å². The third-order valence-electron chi connectivity index (χ3n) is 7.64. The Kier molecular flexibility index (Phi) is 12.1. The molecule has 0 saturated carbocycles. The highest BCUT2D eigenvalue weighted by atomic mass is 32.2. The van der Waals surface area contributed by atoms with Gasteiger partial charge in [0.15, 0.2) is 11.5 Å².